The van der Waals surface area contributed by atoms with Gasteiger partial charge < -0.3 is 16.0 Å². The Labute approximate surface area is 144 Å². The molecule has 2 rings (SSSR count). The maximum Gasteiger partial charge on any atom is 0.253 e. The van der Waals surface area contributed by atoms with Gasteiger partial charge in [-0.2, -0.15) is 0 Å². The van der Waals surface area contributed by atoms with E-state index in [1.54, 1.807) is 38.4 Å². The van der Waals surface area contributed by atoms with Gasteiger partial charge in [-0.25, -0.2) is 0 Å². The number of benzene rings is 1. The molecule has 2 unspecified atom stereocenters. The lowest BCUT2D eigenvalue weighted by atomic mass is 9.84. The van der Waals surface area contributed by atoms with E-state index in [0.717, 1.165) is 19.3 Å². The molecule has 1 aliphatic rings. The fourth-order valence-corrected chi connectivity index (χ4v) is 2.98. The average Bonchev–Trinajstić information content (AvgIpc) is 2.54. The highest BCUT2D eigenvalue weighted by Gasteiger charge is 2.25. The second kappa shape index (κ2) is 8.89. The molecule has 0 spiro atoms. The number of carbonyl (C=O) groups is 2. The van der Waals surface area contributed by atoms with Gasteiger partial charge in [-0.3, -0.25) is 9.59 Å². The zero-order valence-electron chi connectivity index (χ0n) is 13.7. The molecule has 23 heavy (non-hydrogen) atoms. The van der Waals surface area contributed by atoms with Crippen LogP contribution in [-0.4, -0.2) is 43.4 Å². The summed E-state index contributed by atoms with van der Waals surface area (Å²) in [6, 6.07) is 6.99. The van der Waals surface area contributed by atoms with Gasteiger partial charge in [0.2, 0.25) is 0 Å². The molecule has 0 heterocycles. The zero-order valence-corrected chi connectivity index (χ0v) is 14.6. The van der Waals surface area contributed by atoms with Crippen LogP contribution in [0.2, 0.25) is 0 Å². The molecule has 6 heteroatoms. The zero-order chi connectivity index (χ0) is 16.1. The van der Waals surface area contributed by atoms with Gasteiger partial charge >= 0.3 is 0 Å². The van der Waals surface area contributed by atoms with Crippen LogP contribution in [0.3, 0.4) is 0 Å². The summed E-state index contributed by atoms with van der Waals surface area (Å²) < 4.78 is 0. The molecule has 0 radical (unpaired) electrons. The lowest BCUT2D eigenvalue weighted by Gasteiger charge is -2.31. The Morgan fingerprint density at radius 1 is 1.22 bits per heavy atom. The van der Waals surface area contributed by atoms with Gasteiger partial charge in [0.15, 0.2) is 0 Å². The summed E-state index contributed by atoms with van der Waals surface area (Å²) in [4.78, 5) is 25.9. The lowest BCUT2D eigenvalue weighted by molar-refractivity contribution is 0.0827. The molecule has 128 valence electrons. The third-order valence-electron chi connectivity index (χ3n) is 4.31. The summed E-state index contributed by atoms with van der Waals surface area (Å²) in [6.07, 6.45) is 4.35. The normalized spacial score (nSPS) is 20.3. The van der Waals surface area contributed by atoms with E-state index in [4.69, 9.17) is 5.73 Å². The molecule has 0 bridgehead atoms. The second-order valence-electron chi connectivity index (χ2n) is 6.14. The van der Waals surface area contributed by atoms with E-state index < -0.39 is 0 Å². The second-order valence-corrected chi connectivity index (χ2v) is 6.14. The maximum absolute atomic E-state index is 12.4. The van der Waals surface area contributed by atoms with Gasteiger partial charge in [0, 0.05) is 31.3 Å². The molecule has 5 nitrogen and oxygen atoms in total. The van der Waals surface area contributed by atoms with Crippen LogP contribution in [0.5, 0.6) is 0 Å². The monoisotopic (exact) mass is 339 g/mol. The van der Waals surface area contributed by atoms with Crippen molar-refractivity contribution in [1.29, 1.82) is 0 Å². The highest BCUT2D eigenvalue weighted by Crippen LogP contribution is 2.23. The van der Waals surface area contributed by atoms with Crippen molar-refractivity contribution < 1.29 is 9.59 Å². The van der Waals surface area contributed by atoms with Crippen molar-refractivity contribution in [3.8, 4) is 0 Å². The Kier molecular flexibility index (Phi) is 7.52. The van der Waals surface area contributed by atoms with E-state index in [-0.39, 0.29) is 30.3 Å². The quantitative estimate of drug-likeness (QED) is 0.881. The summed E-state index contributed by atoms with van der Waals surface area (Å²) in [5.41, 5.74) is 6.85. The van der Waals surface area contributed by atoms with Crippen molar-refractivity contribution in [2.24, 2.45) is 11.7 Å². The van der Waals surface area contributed by atoms with Crippen LogP contribution < -0.4 is 11.1 Å². The molecular weight excluding hydrogens is 314 g/mol. The Hall–Kier alpha value is -1.59. The first-order chi connectivity index (χ1) is 10.5. The van der Waals surface area contributed by atoms with E-state index in [1.807, 2.05) is 0 Å². The predicted molar refractivity (Wildman–Crippen MR) is 94.0 cm³/mol. The van der Waals surface area contributed by atoms with Crippen molar-refractivity contribution in [1.82, 2.24) is 10.2 Å². The Morgan fingerprint density at radius 3 is 2.52 bits per heavy atom. The van der Waals surface area contributed by atoms with Gasteiger partial charge in [-0.15, -0.1) is 12.4 Å². The third kappa shape index (κ3) is 4.94. The number of nitrogens with zero attached hydrogens (tertiary/aromatic N) is 1. The molecule has 0 aromatic heterocycles. The van der Waals surface area contributed by atoms with Gasteiger partial charge in [-0.1, -0.05) is 18.9 Å². The Bertz CT molecular complexity index is 548. The maximum atomic E-state index is 12.4. The average molecular weight is 340 g/mol. The molecular formula is C17H26ClN3O2. The van der Waals surface area contributed by atoms with Crippen LogP contribution in [0.25, 0.3) is 0 Å². The highest BCUT2D eigenvalue weighted by atomic mass is 35.5. The number of carbonyl (C=O) groups excluding carboxylic acids is 2. The Morgan fingerprint density at radius 2 is 1.87 bits per heavy atom. The molecule has 1 aromatic rings. The van der Waals surface area contributed by atoms with Crippen molar-refractivity contribution in [2.75, 3.05) is 20.6 Å². The number of nitrogens with two attached hydrogens (primary N) is 1. The van der Waals surface area contributed by atoms with Crippen molar-refractivity contribution in [3.05, 3.63) is 35.4 Å². The molecule has 0 saturated heterocycles. The fraction of sp³-hybridized carbons (Fsp3) is 0.529. The van der Waals surface area contributed by atoms with Gasteiger partial charge in [0.05, 0.1) is 0 Å². The van der Waals surface area contributed by atoms with Gasteiger partial charge in [-0.05, 0) is 43.5 Å². The van der Waals surface area contributed by atoms with E-state index in [0.29, 0.717) is 23.6 Å². The van der Waals surface area contributed by atoms with Crippen LogP contribution in [-0.2, 0) is 0 Å². The van der Waals surface area contributed by atoms with Crippen LogP contribution >= 0.6 is 12.4 Å². The molecule has 3 N–H and O–H groups in total. The highest BCUT2D eigenvalue weighted by molar-refractivity contribution is 5.99. The summed E-state index contributed by atoms with van der Waals surface area (Å²) in [7, 11) is 3.39. The molecule has 0 aliphatic heterocycles. The van der Waals surface area contributed by atoms with Crippen LogP contribution in [0.4, 0.5) is 0 Å². The Balaban J connectivity index is 0.00000264. The fourth-order valence-electron chi connectivity index (χ4n) is 2.98. The largest absolute Gasteiger partial charge is 0.349 e. The van der Waals surface area contributed by atoms with Crippen molar-refractivity contribution in [3.63, 3.8) is 0 Å². The lowest BCUT2D eigenvalue weighted by Crippen LogP contribution is -2.44. The summed E-state index contributed by atoms with van der Waals surface area (Å²) in [6.45, 7) is 0.601. The van der Waals surface area contributed by atoms with Crippen molar-refractivity contribution >= 4 is 24.2 Å². The SMILES string of the molecule is CN(C)C(=O)c1cccc(C(=O)NC2CCCCC2CN)c1.Cl. The van der Waals surface area contributed by atoms with Crippen molar-refractivity contribution in [2.45, 2.75) is 31.7 Å². The minimum atomic E-state index is -0.126. The first-order valence-corrected chi connectivity index (χ1v) is 7.85. The topological polar surface area (TPSA) is 75.4 Å². The van der Waals surface area contributed by atoms with E-state index in [9.17, 15) is 9.59 Å². The van der Waals surface area contributed by atoms with Gasteiger partial charge in [0.25, 0.3) is 11.8 Å². The summed E-state index contributed by atoms with van der Waals surface area (Å²) >= 11 is 0. The van der Waals surface area contributed by atoms with Crippen LogP contribution in [0.15, 0.2) is 24.3 Å². The molecule has 1 saturated carbocycles. The number of hydrogen-bond acceptors (Lipinski definition) is 3. The third-order valence-corrected chi connectivity index (χ3v) is 4.31. The molecule has 1 aromatic carbocycles. The van der Waals surface area contributed by atoms with E-state index in [1.165, 1.54) is 11.3 Å². The number of nitrogens with one attached hydrogen (secondary N) is 1. The standard InChI is InChI=1S/C17H25N3O2.ClH/c1-20(2)17(22)13-8-5-7-12(10-13)16(21)19-15-9-4-3-6-14(15)11-18;/h5,7-8,10,14-15H,3-4,6,9,11,18H2,1-2H3,(H,19,21);1H. The first kappa shape index (κ1) is 19.5. The molecule has 1 aliphatic carbocycles. The number of amides is 2. The minimum Gasteiger partial charge on any atom is -0.349 e. The smallest absolute Gasteiger partial charge is 0.253 e. The molecule has 1 fully saturated rings. The van der Waals surface area contributed by atoms with E-state index >= 15 is 0 Å². The molecule has 2 atom stereocenters. The van der Waals surface area contributed by atoms with Crippen LogP contribution in [0.1, 0.15) is 46.4 Å². The van der Waals surface area contributed by atoms with E-state index in [2.05, 4.69) is 5.32 Å². The predicted octanol–water partition coefficient (Wildman–Crippen LogP) is 2.06. The summed E-state index contributed by atoms with van der Waals surface area (Å²) in [5, 5.41) is 3.09. The number of halogens is 1. The first-order valence-electron chi connectivity index (χ1n) is 7.85. The van der Waals surface area contributed by atoms with Gasteiger partial charge in [0.1, 0.15) is 0 Å². The number of rotatable bonds is 4. The minimum absolute atomic E-state index is 0. The molecule has 2 amide bonds. The number of hydrogen-bond donors (Lipinski definition) is 2. The van der Waals surface area contributed by atoms with Crippen LogP contribution in [0, 0.1) is 5.92 Å². The summed E-state index contributed by atoms with van der Waals surface area (Å²) in [5.74, 6) is 0.121.